The fourth-order valence-corrected chi connectivity index (χ4v) is 4.95. The normalized spacial score (nSPS) is 14.5. The van der Waals surface area contributed by atoms with Crippen LogP contribution in [0.15, 0.2) is 52.8 Å². The fraction of sp³-hybridized carbons (Fsp3) is 0.321. The lowest BCUT2D eigenvalue weighted by atomic mass is 9.95. The first-order valence-corrected chi connectivity index (χ1v) is 14.3. The molecular weight excluding hydrogens is 679 g/mol. The number of para-hydroxylation sites is 1. The van der Waals surface area contributed by atoms with E-state index >= 15 is 0 Å². The van der Waals surface area contributed by atoms with Gasteiger partial charge in [-0.15, -0.1) is 0 Å². The number of rotatable bonds is 13. The smallest absolute Gasteiger partial charge is 0.344 e. The Hall–Kier alpha value is -3.92. The van der Waals surface area contributed by atoms with Crippen LogP contribution in [0, 0.1) is 3.57 Å². The molecule has 3 N–H and O–H groups in total. The van der Waals surface area contributed by atoms with Gasteiger partial charge in [0, 0.05) is 11.3 Å². The Morgan fingerprint density at radius 1 is 1.07 bits per heavy atom. The fourth-order valence-electron chi connectivity index (χ4n) is 3.90. The summed E-state index contributed by atoms with van der Waals surface area (Å²) in [7, 11) is 1.47. The van der Waals surface area contributed by atoms with E-state index in [0.717, 1.165) is 0 Å². The van der Waals surface area contributed by atoms with Crippen LogP contribution < -0.4 is 30.3 Å². The minimum absolute atomic E-state index is 0.213. The van der Waals surface area contributed by atoms with Crippen molar-refractivity contribution in [3.05, 3.63) is 62.4 Å². The summed E-state index contributed by atoms with van der Waals surface area (Å²) in [5.74, 6) is -0.338. The van der Waals surface area contributed by atoms with Crippen molar-refractivity contribution in [1.29, 1.82) is 0 Å². The Balaban J connectivity index is 1.66. The zero-order valence-electron chi connectivity index (χ0n) is 23.4. The second-order valence-electron chi connectivity index (χ2n) is 8.54. The topological polar surface area (TPSA) is 146 Å². The van der Waals surface area contributed by atoms with Gasteiger partial charge in [0.15, 0.2) is 29.8 Å². The summed E-state index contributed by atoms with van der Waals surface area (Å²) >= 11 is 7.35. The predicted octanol–water partition coefficient (Wildman–Crippen LogP) is 3.13. The molecular formula is C28H31IN4O8S. The van der Waals surface area contributed by atoms with Crippen molar-refractivity contribution in [2.75, 3.05) is 33.5 Å². The van der Waals surface area contributed by atoms with Gasteiger partial charge in [-0.3, -0.25) is 4.79 Å². The Morgan fingerprint density at radius 2 is 1.81 bits per heavy atom. The van der Waals surface area contributed by atoms with E-state index in [2.05, 4.69) is 21.2 Å². The molecule has 1 aliphatic rings. The highest BCUT2D eigenvalue weighted by Gasteiger charge is 2.32. The molecule has 0 spiro atoms. The Kier molecular flexibility index (Phi) is 12.3. The molecule has 0 bridgehead atoms. The van der Waals surface area contributed by atoms with Crippen molar-refractivity contribution in [3.8, 4) is 17.2 Å². The summed E-state index contributed by atoms with van der Waals surface area (Å²) in [6.45, 7) is 5.05. The number of amides is 1. The van der Waals surface area contributed by atoms with Gasteiger partial charge in [-0.2, -0.15) is 5.10 Å². The number of halogens is 1. The maximum Gasteiger partial charge on any atom is 0.344 e. The van der Waals surface area contributed by atoms with Crippen LogP contribution in [-0.4, -0.2) is 62.7 Å². The largest absolute Gasteiger partial charge is 0.493 e. The van der Waals surface area contributed by atoms with Gasteiger partial charge >= 0.3 is 11.9 Å². The Labute approximate surface area is 262 Å². The van der Waals surface area contributed by atoms with E-state index in [1.54, 1.807) is 57.2 Å². The molecule has 12 nitrogen and oxygen atoms in total. The summed E-state index contributed by atoms with van der Waals surface area (Å²) in [5, 5.41) is 10.4. The molecule has 2 aromatic carbocycles. The molecule has 0 radical (unpaired) electrons. The van der Waals surface area contributed by atoms with Gasteiger partial charge in [-0.05, 0) is 79.3 Å². The van der Waals surface area contributed by atoms with Gasteiger partial charge in [0.2, 0.25) is 0 Å². The van der Waals surface area contributed by atoms with Gasteiger partial charge in [-0.1, -0.05) is 18.2 Å². The summed E-state index contributed by atoms with van der Waals surface area (Å²) in [5.41, 5.74) is 4.57. The van der Waals surface area contributed by atoms with Gasteiger partial charge in [0.05, 0.1) is 41.7 Å². The van der Waals surface area contributed by atoms with E-state index in [-0.39, 0.29) is 26.4 Å². The second-order valence-corrected chi connectivity index (χ2v) is 10.1. The first-order chi connectivity index (χ1) is 20.2. The van der Waals surface area contributed by atoms with Crippen molar-refractivity contribution in [1.82, 2.24) is 16.1 Å². The number of allylic oxidation sites excluding steroid dienone is 1. The minimum Gasteiger partial charge on any atom is -0.493 e. The zero-order valence-corrected chi connectivity index (χ0v) is 26.4. The quantitative estimate of drug-likeness (QED) is 0.0928. The number of thiocarbonyl (C=S) groups is 1. The highest BCUT2D eigenvalue weighted by Crippen LogP contribution is 2.34. The third kappa shape index (κ3) is 8.79. The average molecular weight is 711 g/mol. The Morgan fingerprint density at radius 3 is 2.52 bits per heavy atom. The summed E-state index contributed by atoms with van der Waals surface area (Å²) < 4.78 is 27.5. The maximum atomic E-state index is 12.7. The number of carbonyl (C=O) groups excluding carboxylic acids is 3. The van der Waals surface area contributed by atoms with Crippen molar-refractivity contribution in [2.45, 2.75) is 26.8 Å². The second kappa shape index (κ2) is 15.9. The first kappa shape index (κ1) is 32.6. The molecule has 0 saturated heterocycles. The van der Waals surface area contributed by atoms with Crippen molar-refractivity contribution in [3.63, 3.8) is 0 Å². The zero-order chi connectivity index (χ0) is 30.6. The molecule has 1 heterocycles. The number of methoxy groups -OCH3 is 1. The van der Waals surface area contributed by atoms with Crippen LogP contribution >= 0.6 is 34.8 Å². The molecule has 0 fully saturated rings. The van der Waals surface area contributed by atoms with Crippen LogP contribution in [0.5, 0.6) is 17.2 Å². The number of hydrazone groups is 1. The van der Waals surface area contributed by atoms with Crippen molar-refractivity contribution >= 4 is 64.0 Å². The molecule has 2 aromatic rings. The standard InChI is InChI=1S/C28H31IN4O8S/c1-5-38-23(35)15-41-26-19(29)11-17(12-21(26)37-4)13-30-33-22(34)14-40-20-10-8-7-9-18(20)25-24(27(36)39-6-2)16(3)31-28(42)32-25/h7-13,25H,5-6,14-15H2,1-4H3,(H,33,34)(H2,31,32,42)/t25-/m0/s1. The number of nitrogens with zero attached hydrogens (tertiary/aromatic N) is 1. The lowest BCUT2D eigenvalue weighted by Crippen LogP contribution is -2.45. The summed E-state index contributed by atoms with van der Waals surface area (Å²) in [6, 6.07) is 9.77. The number of esters is 2. The van der Waals surface area contributed by atoms with E-state index in [4.69, 9.17) is 35.9 Å². The summed E-state index contributed by atoms with van der Waals surface area (Å²) in [6.07, 6.45) is 1.44. The molecule has 1 amide bonds. The van der Waals surface area contributed by atoms with Crippen LogP contribution in [0.25, 0.3) is 0 Å². The van der Waals surface area contributed by atoms with Crippen molar-refractivity contribution in [2.24, 2.45) is 5.10 Å². The summed E-state index contributed by atoms with van der Waals surface area (Å²) in [4.78, 5) is 36.9. The third-order valence-corrected chi connectivity index (χ3v) is 6.67. The van der Waals surface area contributed by atoms with Crippen LogP contribution in [-0.2, 0) is 23.9 Å². The van der Waals surface area contributed by atoms with Gasteiger partial charge in [0.25, 0.3) is 5.91 Å². The van der Waals surface area contributed by atoms with E-state index in [0.29, 0.717) is 48.3 Å². The van der Waals surface area contributed by atoms with Crippen LogP contribution in [0.2, 0.25) is 0 Å². The third-order valence-electron chi connectivity index (χ3n) is 5.65. The van der Waals surface area contributed by atoms with Gasteiger partial charge < -0.3 is 34.3 Å². The molecule has 0 unspecified atom stereocenters. The SMILES string of the molecule is CCOC(=O)COc1c(I)cc(C=NNC(=O)COc2ccccc2[C@@H]2NC(=S)NC(C)=C2C(=O)OCC)cc1OC. The average Bonchev–Trinajstić information content (AvgIpc) is 2.95. The van der Waals surface area contributed by atoms with Crippen molar-refractivity contribution < 1.29 is 38.1 Å². The maximum absolute atomic E-state index is 12.7. The molecule has 0 aliphatic carbocycles. The molecule has 14 heteroatoms. The van der Waals surface area contributed by atoms with Gasteiger partial charge in [0.1, 0.15) is 5.75 Å². The lowest BCUT2D eigenvalue weighted by molar-refractivity contribution is -0.145. The first-order valence-electron chi connectivity index (χ1n) is 12.8. The van der Waals surface area contributed by atoms with E-state index in [1.807, 2.05) is 22.6 Å². The molecule has 0 saturated carbocycles. The van der Waals surface area contributed by atoms with E-state index in [9.17, 15) is 14.4 Å². The number of ether oxygens (including phenoxy) is 5. The lowest BCUT2D eigenvalue weighted by Gasteiger charge is -2.30. The number of carbonyl (C=O) groups is 3. The van der Waals surface area contributed by atoms with Crippen LogP contribution in [0.3, 0.4) is 0 Å². The van der Waals surface area contributed by atoms with E-state index < -0.39 is 23.9 Å². The minimum atomic E-state index is -0.642. The molecule has 224 valence electrons. The predicted molar refractivity (Wildman–Crippen MR) is 166 cm³/mol. The van der Waals surface area contributed by atoms with Crippen LogP contribution in [0.4, 0.5) is 0 Å². The number of hydrogen-bond donors (Lipinski definition) is 3. The highest BCUT2D eigenvalue weighted by molar-refractivity contribution is 14.1. The highest BCUT2D eigenvalue weighted by atomic mass is 127. The Bertz CT molecular complexity index is 1400. The number of benzene rings is 2. The monoisotopic (exact) mass is 710 g/mol. The molecule has 42 heavy (non-hydrogen) atoms. The number of hydrogen-bond acceptors (Lipinski definition) is 10. The molecule has 1 aliphatic heterocycles. The molecule has 3 rings (SSSR count). The number of nitrogens with one attached hydrogen (secondary N) is 3. The molecule has 0 aromatic heterocycles. The molecule has 1 atom stereocenters. The van der Waals surface area contributed by atoms with Crippen LogP contribution in [0.1, 0.15) is 37.9 Å². The van der Waals surface area contributed by atoms with E-state index in [1.165, 1.54) is 13.3 Å². The van der Waals surface area contributed by atoms with Gasteiger partial charge in [-0.25, -0.2) is 15.0 Å².